The zero-order valence-corrected chi connectivity index (χ0v) is 14.3. The number of nitrogens with one attached hydrogen (secondary N) is 2. The average molecular weight is 349 g/mol. The van der Waals surface area contributed by atoms with Gasteiger partial charge in [-0.05, 0) is 37.5 Å². The Balaban J connectivity index is 1.49. The van der Waals surface area contributed by atoms with Crippen LogP contribution in [0, 0.1) is 0 Å². The molecular weight excluding hydrogens is 330 g/mol. The van der Waals surface area contributed by atoms with E-state index in [-0.39, 0.29) is 11.5 Å². The van der Waals surface area contributed by atoms with E-state index in [2.05, 4.69) is 15.3 Å². The summed E-state index contributed by atoms with van der Waals surface area (Å²) < 4.78 is 0. The lowest BCUT2D eigenvalue weighted by molar-refractivity contribution is -0.116. The third-order valence-corrected chi connectivity index (χ3v) is 6.84. The fraction of sp³-hybridized carbons (Fsp3) is 0.438. The van der Waals surface area contributed by atoms with Crippen LogP contribution in [0.2, 0.25) is 0 Å². The fourth-order valence-electron chi connectivity index (χ4n) is 2.59. The third kappa shape index (κ3) is 4.51. The van der Waals surface area contributed by atoms with E-state index in [0.29, 0.717) is 23.0 Å². The lowest BCUT2D eigenvalue weighted by atomic mass is 10.1. The average Bonchev–Trinajstić information content (AvgIpc) is 3.06. The molecule has 0 spiro atoms. The van der Waals surface area contributed by atoms with E-state index in [1.807, 2.05) is 21.6 Å². The Morgan fingerprint density at radius 2 is 2.30 bits per heavy atom. The standard InChI is InChI=1S/C16H19N3O2S2/c20-15(4-2-1-3-12-7-8-22-23-12)19-11-5-6-14-13(9-11)16(21)18-10-17-14/h5-6,9-10,12H,1-4,7-8H2,(H,19,20)(H,17,18,21). The molecule has 0 saturated carbocycles. The summed E-state index contributed by atoms with van der Waals surface area (Å²) >= 11 is 0. The summed E-state index contributed by atoms with van der Waals surface area (Å²) in [5.74, 6) is 1.25. The molecule has 7 heteroatoms. The molecule has 5 nitrogen and oxygen atoms in total. The summed E-state index contributed by atoms with van der Waals surface area (Å²) in [5.41, 5.74) is 1.07. The second-order valence-electron chi connectivity index (χ2n) is 5.59. The molecule has 23 heavy (non-hydrogen) atoms. The first-order valence-corrected chi connectivity index (χ1v) is 10.2. The molecule has 1 atom stereocenters. The minimum Gasteiger partial charge on any atom is -0.326 e. The summed E-state index contributed by atoms with van der Waals surface area (Å²) in [7, 11) is 3.94. The SMILES string of the molecule is O=C(CCCCC1CCSS1)Nc1ccc2nc[nH]c(=O)c2c1. The molecule has 1 aliphatic heterocycles. The van der Waals surface area contributed by atoms with Crippen molar-refractivity contribution < 1.29 is 4.79 Å². The van der Waals surface area contributed by atoms with Crippen LogP contribution in [0.4, 0.5) is 5.69 Å². The van der Waals surface area contributed by atoms with E-state index in [1.165, 1.54) is 24.9 Å². The molecule has 2 aromatic rings. The molecule has 1 fully saturated rings. The Bertz CT molecular complexity index is 741. The highest BCUT2D eigenvalue weighted by Crippen LogP contribution is 2.39. The summed E-state index contributed by atoms with van der Waals surface area (Å²) in [6.07, 6.45) is 6.38. The van der Waals surface area contributed by atoms with Crippen LogP contribution in [0.15, 0.2) is 29.3 Å². The number of hydrogen-bond acceptors (Lipinski definition) is 5. The van der Waals surface area contributed by atoms with Gasteiger partial charge in [-0.15, -0.1) is 0 Å². The number of aromatic nitrogens is 2. The van der Waals surface area contributed by atoms with Crippen molar-refractivity contribution in [1.82, 2.24) is 9.97 Å². The number of fused-ring (bicyclic) bond motifs is 1. The summed E-state index contributed by atoms with van der Waals surface area (Å²) in [4.78, 5) is 30.4. The summed E-state index contributed by atoms with van der Waals surface area (Å²) in [5, 5.41) is 4.11. The van der Waals surface area contributed by atoms with E-state index in [9.17, 15) is 9.59 Å². The molecule has 1 aliphatic rings. The van der Waals surface area contributed by atoms with Crippen LogP contribution >= 0.6 is 21.6 Å². The highest BCUT2D eigenvalue weighted by atomic mass is 33.1. The zero-order chi connectivity index (χ0) is 16.1. The van der Waals surface area contributed by atoms with Crippen LogP contribution < -0.4 is 10.9 Å². The zero-order valence-electron chi connectivity index (χ0n) is 12.7. The molecule has 1 saturated heterocycles. The first-order chi connectivity index (χ1) is 11.2. The quantitative estimate of drug-likeness (QED) is 0.616. The largest absolute Gasteiger partial charge is 0.326 e. The maximum atomic E-state index is 12.0. The van der Waals surface area contributed by atoms with Gasteiger partial charge in [0.1, 0.15) is 0 Å². The smallest absolute Gasteiger partial charge is 0.258 e. The van der Waals surface area contributed by atoms with Gasteiger partial charge in [-0.3, -0.25) is 9.59 Å². The normalized spacial score (nSPS) is 17.5. The number of carbonyl (C=O) groups excluding carboxylic acids is 1. The topological polar surface area (TPSA) is 74.8 Å². The summed E-state index contributed by atoms with van der Waals surface area (Å²) in [6, 6.07) is 5.19. The number of amides is 1. The van der Waals surface area contributed by atoms with Crippen LogP contribution in [0.5, 0.6) is 0 Å². The van der Waals surface area contributed by atoms with Crippen molar-refractivity contribution in [3.63, 3.8) is 0 Å². The third-order valence-electron chi connectivity index (χ3n) is 3.83. The van der Waals surface area contributed by atoms with Gasteiger partial charge in [0.2, 0.25) is 5.91 Å². The summed E-state index contributed by atoms with van der Waals surface area (Å²) in [6.45, 7) is 0. The van der Waals surface area contributed by atoms with Gasteiger partial charge in [-0.25, -0.2) is 4.98 Å². The number of rotatable bonds is 6. The van der Waals surface area contributed by atoms with E-state index < -0.39 is 0 Å². The second-order valence-corrected chi connectivity index (χ2v) is 8.37. The van der Waals surface area contributed by atoms with E-state index in [1.54, 1.807) is 18.2 Å². The van der Waals surface area contributed by atoms with Crippen molar-refractivity contribution in [2.24, 2.45) is 0 Å². The van der Waals surface area contributed by atoms with Crippen LogP contribution in [-0.4, -0.2) is 26.9 Å². The molecule has 3 rings (SSSR count). The molecule has 0 bridgehead atoms. The van der Waals surface area contributed by atoms with Gasteiger partial charge in [-0.1, -0.05) is 28.0 Å². The highest BCUT2D eigenvalue weighted by molar-refractivity contribution is 8.77. The molecular formula is C16H19N3O2S2. The molecule has 1 amide bonds. The van der Waals surface area contributed by atoms with Gasteiger partial charge in [0.05, 0.1) is 17.2 Å². The van der Waals surface area contributed by atoms with Gasteiger partial charge in [0.25, 0.3) is 5.56 Å². The van der Waals surface area contributed by atoms with E-state index in [4.69, 9.17) is 0 Å². The Kier molecular flexibility index (Phi) is 5.61. The van der Waals surface area contributed by atoms with Crippen molar-refractivity contribution in [3.05, 3.63) is 34.9 Å². The maximum absolute atomic E-state index is 12.0. The van der Waals surface area contributed by atoms with Gasteiger partial charge < -0.3 is 10.3 Å². The minimum absolute atomic E-state index is 0.00174. The number of unbranched alkanes of at least 4 members (excludes halogenated alkanes) is 1. The Morgan fingerprint density at radius 3 is 3.13 bits per heavy atom. The predicted octanol–water partition coefficient (Wildman–Crippen LogP) is 3.58. The van der Waals surface area contributed by atoms with Gasteiger partial charge >= 0.3 is 0 Å². The number of nitrogens with zero attached hydrogens (tertiary/aromatic N) is 1. The lowest BCUT2D eigenvalue weighted by Crippen LogP contribution is -2.12. The van der Waals surface area contributed by atoms with Crippen molar-refractivity contribution in [1.29, 1.82) is 0 Å². The minimum atomic E-state index is -0.196. The van der Waals surface area contributed by atoms with Crippen LogP contribution in [0.3, 0.4) is 0 Å². The Labute approximate surface area is 142 Å². The van der Waals surface area contributed by atoms with Crippen molar-refractivity contribution in [2.45, 2.75) is 37.4 Å². The van der Waals surface area contributed by atoms with E-state index in [0.717, 1.165) is 18.1 Å². The lowest BCUT2D eigenvalue weighted by Gasteiger charge is -2.08. The number of benzene rings is 1. The molecule has 2 N–H and O–H groups in total. The molecule has 1 aromatic carbocycles. The number of anilines is 1. The molecule has 0 aliphatic carbocycles. The maximum Gasteiger partial charge on any atom is 0.258 e. The van der Waals surface area contributed by atoms with Crippen molar-refractivity contribution >= 4 is 44.1 Å². The first kappa shape index (κ1) is 16.4. The van der Waals surface area contributed by atoms with Crippen LogP contribution in [-0.2, 0) is 4.79 Å². The van der Waals surface area contributed by atoms with Crippen molar-refractivity contribution in [3.8, 4) is 0 Å². The van der Waals surface area contributed by atoms with Crippen molar-refractivity contribution in [2.75, 3.05) is 11.1 Å². The molecule has 0 radical (unpaired) electrons. The molecule has 1 unspecified atom stereocenters. The molecule has 2 heterocycles. The van der Waals surface area contributed by atoms with E-state index >= 15 is 0 Å². The van der Waals surface area contributed by atoms with Gasteiger partial charge in [-0.2, -0.15) is 0 Å². The predicted molar refractivity (Wildman–Crippen MR) is 97.9 cm³/mol. The number of H-pyrrole nitrogens is 1. The number of aromatic amines is 1. The van der Waals surface area contributed by atoms with Gasteiger partial charge in [0.15, 0.2) is 0 Å². The molecule has 1 aromatic heterocycles. The second kappa shape index (κ2) is 7.88. The number of carbonyl (C=O) groups is 1. The Morgan fingerprint density at radius 1 is 1.39 bits per heavy atom. The monoisotopic (exact) mass is 349 g/mol. The Hall–Kier alpha value is -1.47. The highest BCUT2D eigenvalue weighted by Gasteiger charge is 2.15. The molecule has 122 valence electrons. The van der Waals surface area contributed by atoms with Crippen LogP contribution in [0.25, 0.3) is 10.9 Å². The number of hydrogen-bond donors (Lipinski definition) is 2. The van der Waals surface area contributed by atoms with Gasteiger partial charge in [0, 0.05) is 23.1 Å². The van der Waals surface area contributed by atoms with Crippen LogP contribution in [0.1, 0.15) is 32.1 Å². The fourth-order valence-corrected chi connectivity index (χ4v) is 5.62. The first-order valence-electron chi connectivity index (χ1n) is 7.78.